The summed E-state index contributed by atoms with van der Waals surface area (Å²) in [6.45, 7) is 0.824. The molecule has 3 saturated carbocycles. The van der Waals surface area contributed by atoms with Gasteiger partial charge in [0.05, 0.1) is 28.4 Å². The maximum atomic E-state index is 13.5. The fourth-order valence-corrected chi connectivity index (χ4v) is 6.36. The number of benzene rings is 1. The lowest BCUT2D eigenvalue weighted by Crippen LogP contribution is -2.57. The summed E-state index contributed by atoms with van der Waals surface area (Å²) in [7, 11) is 0. The lowest BCUT2D eigenvalue weighted by atomic mass is 10.1. The summed E-state index contributed by atoms with van der Waals surface area (Å²) < 4.78 is 1.76. The van der Waals surface area contributed by atoms with E-state index in [1.165, 1.54) is 5.56 Å². The van der Waals surface area contributed by atoms with Crippen LogP contribution in [0.3, 0.4) is 0 Å². The van der Waals surface area contributed by atoms with Crippen molar-refractivity contribution in [2.75, 3.05) is 19.6 Å². The second kappa shape index (κ2) is 7.80. The van der Waals surface area contributed by atoms with Crippen LogP contribution in [0.2, 0.25) is 5.02 Å². The number of amides is 2. The number of halogens is 1. The van der Waals surface area contributed by atoms with Crippen molar-refractivity contribution < 1.29 is 14.7 Å². The quantitative estimate of drug-likeness (QED) is 0.606. The highest BCUT2D eigenvalue weighted by Gasteiger charge is 2.55. The number of carbonyl (C=O) groups is 2. The minimum absolute atomic E-state index is 0.0134. The molecule has 0 bridgehead atoms. The van der Waals surface area contributed by atoms with Gasteiger partial charge in [-0.05, 0) is 61.1 Å². The smallest absolute Gasteiger partial charge is 0.276 e. The highest BCUT2D eigenvalue weighted by Crippen LogP contribution is 2.53. The van der Waals surface area contributed by atoms with Gasteiger partial charge >= 0.3 is 0 Å². The third-order valence-corrected chi connectivity index (χ3v) is 8.69. The molecule has 1 saturated heterocycles. The molecule has 8 heteroatoms. The van der Waals surface area contributed by atoms with Gasteiger partial charge in [-0.3, -0.25) is 9.59 Å². The van der Waals surface area contributed by atoms with Crippen LogP contribution in [-0.2, 0) is 4.79 Å². The van der Waals surface area contributed by atoms with Crippen molar-refractivity contribution in [3.05, 3.63) is 58.7 Å². The molecule has 2 aromatic heterocycles. The van der Waals surface area contributed by atoms with Crippen molar-refractivity contribution in [2.45, 2.75) is 43.7 Å². The van der Waals surface area contributed by atoms with Gasteiger partial charge < -0.3 is 14.9 Å². The van der Waals surface area contributed by atoms with E-state index in [4.69, 9.17) is 11.6 Å². The maximum absolute atomic E-state index is 13.5. The molecule has 35 heavy (non-hydrogen) atoms. The second-order valence-electron chi connectivity index (χ2n) is 10.5. The summed E-state index contributed by atoms with van der Waals surface area (Å²) in [5.41, 5.74) is 4.03. The fraction of sp³-hybridized carbons (Fsp3) is 0.444. The fourth-order valence-electron chi connectivity index (χ4n) is 6.11. The average molecular weight is 491 g/mol. The number of nitrogens with zero attached hydrogens (tertiary/aromatic N) is 4. The van der Waals surface area contributed by atoms with Crippen molar-refractivity contribution in [2.24, 2.45) is 11.8 Å². The van der Waals surface area contributed by atoms with Gasteiger partial charge in [0.15, 0.2) is 5.69 Å². The van der Waals surface area contributed by atoms with E-state index in [1.54, 1.807) is 14.3 Å². The number of hydrogen-bond donors (Lipinski definition) is 1. The number of piperazine rings is 1. The van der Waals surface area contributed by atoms with Gasteiger partial charge in [-0.2, -0.15) is 5.10 Å². The van der Waals surface area contributed by atoms with Crippen LogP contribution >= 0.6 is 11.6 Å². The van der Waals surface area contributed by atoms with Crippen LogP contribution in [0.4, 0.5) is 0 Å². The van der Waals surface area contributed by atoms with E-state index >= 15 is 0 Å². The van der Waals surface area contributed by atoms with Crippen LogP contribution < -0.4 is 0 Å². The molecule has 4 fully saturated rings. The average Bonchev–Trinajstić information content (AvgIpc) is 3.80. The lowest BCUT2D eigenvalue weighted by Gasteiger charge is -2.39. The standard InChI is InChI=1S/C27H27ClN4O3/c28-24-21-12-17(15-6-7-15)11-20(16-4-2-1-3-5-16)32(21)29-25(24)27(35)30-8-9-31(23(33)14-30)22-13-18-10-19(18)26(22)34/h1-5,11-12,15,18-19,22,26,34H,6-10,13-14H2. The summed E-state index contributed by atoms with van der Waals surface area (Å²) >= 11 is 6.78. The molecule has 3 aliphatic carbocycles. The van der Waals surface area contributed by atoms with Crippen LogP contribution in [0.5, 0.6) is 0 Å². The van der Waals surface area contributed by atoms with E-state index < -0.39 is 6.10 Å². The van der Waals surface area contributed by atoms with E-state index in [2.05, 4.69) is 11.2 Å². The molecule has 180 valence electrons. The predicted octanol–water partition coefficient (Wildman–Crippen LogP) is 3.59. The first kappa shape index (κ1) is 21.4. The van der Waals surface area contributed by atoms with Gasteiger partial charge in [-0.15, -0.1) is 0 Å². The maximum Gasteiger partial charge on any atom is 0.276 e. The number of aromatic nitrogens is 2. The largest absolute Gasteiger partial charge is 0.391 e. The minimum Gasteiger partial charge on any atom is -0.391 e. The number of fused-ring (bicyclic) bond motifs is 2. The van der Waals surface area contributed by atoms with E-state index in [-0.39, 0.29) is 30.1 Å². The minimum atomic E-state index is -0.434. The van der Waals surface area contributed by atoms with Gasteiger partial charge in [0.1, 0.15) is 6.54 Å². The zero-order chi connectivity index (χ0) is 23.8. The Hall–Kier alpha value is -2.90. The molecule has 1 aromatic carbocycles. The number of rotatable bonds is 4. The Morgan fingerprint density at radius 3 is 2.57 bits per heavy atom. The molecule has 3 heterocycles. The summed E-state index contributed by atoms with van der Waals surface area (Å²) in [5.74, 6) is 0.988. The summed E-state index contributed by atoms with van der Waals surface area (Å²) in [4.78, 5) is 29.8. The van der Waals surface area contributed by atoms with Crippen molar-refractivity contribution in [3.63, 3.8) is 0 Å². The molecule has 7 nitrogen and oxygen atoms in total. The molecule has 0 radical (unpaired) electrons. The molecule has 7 rings (SSSR count). The Labute approximate surface area is 208 Å². The Morgan fingerprint density at radius 2 is 1.89 bits per heavy atom. The lowest BCUT2D eigenvalue weighted by molar-refractivity contribution is -0.140. The number of pyridine rings is 1. The zero-order valence-corrected chi connectivity index (χ0v) is 20.1. The number of carbonyl (C=O) groups excluding carboxylic acids is 2. The third-order valence-electron chi connectivity index (χ3n) is 8.32. The Bertz CT molecular complexity index is 1350. The highest BCUT2D eigenvalue weighted by atomic mass is 35.5. The molecule has 0 spiro atoms. The molecule has 4 unspecified atom stereocenters. The molecule has 3 aromatic rings. The van der Waals surface area contributed by atoms with Gasteiger partial charge in [0, 0.05) is 18.7 Å². The summed E-state index contributed by atoms with van der Waals surface area (Å²) in [6.07, 6.45) is 3.83. The monoisotopic (exact) mass is 490 g/mol. The van der Waals surface area contributed by atoms with Gasteiger partial charge in [0.25, 0.3) is 5.91 Å². The normalized spacial score (nSPS) is 28.0. The highest BCUT2D eigenvalue weighted by molar-refractivity contribution is 6.37. The molecule has 1 N–H and O–H groups in total. The van der Waals surface area contributed by atoms with Gasteiger partial charge in [-0.1, -0.05) is 41.9 Å². The van der Waals surface area contributed by atoms with E-state index in [0.29, 0.717) is 35.9 Å². The summed E-state index contributed by atoms with van der Waals surface area (Å²) in [6, 6.07) is 14.1. The second-order valence-corrected chi connectivity index (χ2v) is 10.9. The van der Waals surface area contributed by atoms with Crippen LogP contribution in [0.15, 0.2) is 42.5 Å². The molecule has 4 atom stereocenters. The summed E-state index contributed by atoms with van der Waals surface area (Å²) in [5, 5.41) is 15.5. The Balaban J connectivity index is 1.19. The number of hydrogen-bond acceptors (Lipinski definition) is 4. The van der Waals surface area contributed by atoms with E-state index in [0.717, 1.165) is 42.5 Å². The van der Waals surface area contributed by atoms with Crippen LogP contribution in [0, 0.1) is 11.8 Å². The van der Waals surface area contributed by atoms with Crippen LogP contribution in [-0.4, -0.2) is 68.1 Å². The van der Waals surface area contributed by atoms with Gasteiger partial charge in [0.2, 0.25) is 5.91 Å². The number of aliphatic hydroxyl groups is 1. The predicted molar refractivity (Wildman–Crippen MR) is 131 cm³/mol. The van der Waals surface area contributed by atoms with E-state index in [1.807, 2.05) is 36.4 Å². The first-order valence-corrected chi connectivity index (χ1v) is 12.9. The topological polar surface area (TPSA) is 78.2 Å². The number of aliphatic hydroxyl groups excluding tert-OH is 1. The third kappa shape index (κ3) is 3.47. The zero-order valence-electron chi connectivity index (χ0n) is 19.3. The molecule has 1 aliphatic heterocycles. The van der Waals surface area contributed by atoms with Crippen molar-refractivity contribution in [1.29, 1.82) is 0 Å². The van der Waals surface area contributed by atoms with E-state index in [9.17, 15) is 14.7 Å². The SMILES string of the molecule is O=C(c1nn2c(-c3ccccc3)cc(C3CC3)cc2c1Cl)N1CCN(C2CC3CC3C2O)C(=O)C1. The van der Waals surface area contributed by atoms with Crippen molar-refractivity contribution in [3.8, 4) is 11.3 Å². The first-order valence-electron chi connectivity index (χ1n) is 12.5. The Kier molecular flexibility index (Phi) is 4.77. The Morgan fingerprint density at radius 1 is 1.09 bits per heavy atom. The van der Waals surface area contributed by atoms with Gasteiger partial charge in [-0.25, -0.2) is 4.52 Å². The molecule has 2 amide bonds. The molecular weight excluding hydrogens is 464 g/mol. The van der Waals surface area contributed by atoms with Crippen molar-refractivity contribution in [1.82, 2.24) is 19.4 Å². The first-order chi connectivity index (χ1) is 17.0. The molecule has 4 aliphatic rings. The van der Waals surface area contributed by atoms with Crippen LogP contribution in [0.25, 0.3) is 16.8 Å². The van der Waals surface area contributed by atoms with Crippen LogP contribution in [0.1, 0.15) is 47.7 Å². The van der Waals surface area contributed by atoms with Crippen molar-refractivity contribution >= 4 is 28.9 Å². The molecular formula is C27H27ClN4O3.